The van der Waals surface area contributed by atoms with Crippen molar-refractivity contribution in [3.05, 3.63) is 35.7 Å². The quantitative estimate of drug-likeness (QED) is 0.611. The van der Waals surface area contributed by atoms with Gasteiger partial charge in [0.05, 0.1) is 12.3 Å². The van der Waals surface area contributed by atoms with Crippen LogP contribution in [-0.2, 0) is 29.1 Å². The van der Waals surface area contributed by atoms with E-state index >= 15 is 0 Å². The van der Waals surface area contributed by atoms with Crippen molar-refractivity contribution in [2.75, 3.05) is 17.2 Å². The van der Waals surface area contributed by atoms with Crippen molar-refractivity contribution in [3.63, 3.8) is 0 Å². The topological polar surface area (TPSA) is 80.1 Å². The Morgan fingerprint density at radius 2 is 1.79 bits per heavy atom. The van der Waals surface area contributed by atoms with Crippen LogP contribution in [0.5, 0.6) is 0 Å². The van der Waals surface area contributed by atoms with E-state index < -0.39 is 0 Å². The summed E-state index contributed by atoms with van der Waals surface area (Å²) in [6.45, 7) is 3.89. The number of nitrogens with zero attached hydrogens (tertiary/aromatic N) is 4. The molecule has 4 aliphatic carbocycles. The second-order valence-electron chi connectivity index (χ2n) is 10.7. The lowest BCUT2D eigenvalue weighted by atomic mass is 9.49. The normalized spacial score (nSPS) is 28.9. The van der Waals surface area contributed by atoms with E-state index in [1.54, 1.807) is 0 Å². The molecule has 5 aliphatic rings. The van der Waals surface area contributed by atoms with Gasteiger partial charge in [-0.05, 0) is 81.3 Å². The zero-order chi connectivity index (χ0) is 23.3. The summed E-state index contributed by atoms with van der Waals surface area (Å²) < 4.78 is 2.02. The molecular formula is C26H33N5O2S. The lowest BCUT2D eigenvalue weighted by Crippen LogP contribution is -2.53. The molecule has 1 aromatic heterocycles. The molecule has 0 spiro atoms. The Bertz CT molecular complexity index is 1080. The van der Waals surface area contributed by atoms with Crippen LogP contribution in [0.1, 0.15) is 56.8 Å². The summed E-state index contributed by atoms with van der Waals surface area (Å²) in [6, 6.07) is 8.11. The molecule has 0 radical (unpaired) electrons. The van der Waals surface area contributed by atoms with Gasteiger partial charge >= 0.3 is 0 Å². The summed E-state index contributed by atoms with van der Waals surface area (Å²) in [5, 5.41) is 12.7. The minimum atomic E-state index is -0.151. The average molecular weight is 480 g/mol. The first-order valence-corrected chi connectivity index (χ1v) is 13.7. The molecule has 1 N–H and O–H groups in total. The fourth-order valence-corrected chi connectivity index (χ4v) is 8.31. The van der Waals surface area contributed by atoms with Crippen molar-refractivity contribution in [3.8, 4) is 0 Å². The number of amides is 2. The molecule has 7 rings (SSSR count). The van der Waals surface area contributed by atoms with Crippen molar-refractivity contribution in [1.82, 2.24) is 20.1 Å². The monoisotopic (exact) mass is 479 g/mol. The molecule has 180 valence electrons. The summed E-state index contributed by atoms with van der Waals surface area (Å²) in [6.07, 6.45) is 8.10. The van der Waals surface area contributed by atoms with Gasteiger partial charge in [-0.2, -0.15) is 0 Å². The fourth-order valence-electron chi connectivity index (χ4n) is 7.41. The van der Waals surface area contributed by atoms with Crippen LogP contribution < -0.4 is 10.2 Å². The molecular weight excluding hydrogens is 446 g/mol. The molecule has 4 bridgehead atoms. The van der Waals surface area contributed by atoms with Crippen LogP contribution in [0.25, 0.3) is 0 Å². The smallest absolute Gasteiger partial charge is 0.237 e. The van der Waals surface area contributed by atoms with Crippen molar-refractivity contribution in [1.29, 1.82) is 0 Å². The molecule has 4 fully saturated rings. The molecule has 8 heteroatoms. The minimum absolute atomic E-state index is 0.0947. The van der Waals surface area contributed by atoms with E-state index in [1.807, 2.05) is 27.7 Å². The number of aromatic nitrogens is 3. The van der Waals surface area contributed by atoms with E-state index in [-0.39, 0.29) is 17.2 Å². The van der Waals surface area contributed by atoms with Crippen molar-refractivity contribution in [2.45, 2.75) is 70.1 Å². The number of benzene rings is 1. The minimum Gasteiger partial charge on any atom is -0.348 e. The number of para-hydroxylation sites is 1. The zero-order valence-corrected chi connectivity index (χ0v) is 20.6. The van der Waals surface area contributed by atoms with Crippen LogP contribution in [0.2, 0.25) is 0 Å². The predicted octanol–water partition coefficient (Wildman–Crippen LogP) is 3.81. The van der Waals surface area contributed by atoms with Gasteiger partial charge in [0.25, 0.3) is 0 Å². The summed E-state index contributed by atoms with van der Waals surface area (Å²) in [4.78, 5) is 28.1. The summed E-state index contributed by atoms with van der Waals surface area (Å²) in [5.41, 5.74) is 2.11. The third-order valence-corrected chi connectivity index (χ3v) is 9.50. The van der Waals surface area contributed by atoms with Crippen LogP contribution >= 0.6 is 11.8 Å². The maximum Gasteiger partial charge on any atom is 0.237 e. The number of nitrogens with one attached hydrogen (secondary N) is 1. The Balaban J connectivity index is 1.08. The summed E-state index contributed by atoms with van der Waals surface area (Å²) in [7, 11) is 0. The predicted molar refractivity (Wildman–Crippen MR) is 131 cm³/mol. The second kappa shape index (κ2) is 8.70. The van der Waals surface area contributed by atoms with Crippen LogP contribution in [0.4, 0.5) is 5.69 Å². The van der Waals surface area contributed by atoms with Crippen molar-refractivity contribution < 1.29 is 9.59 Å². The molecule has 34 heavy (non-hydrogen) atoms. The Morgan fingerprint density at radius 1 is 1.09 bits per heavy atom. The molecule has 2 heterocycles. The molecule has 7 nitrogen and oxygen atoms in total. The fraction of sp³-hybridized carbons (Fsp3) is 0.615. The van der Waals surface area contributed by atoms with Crippen LogP contribution in [0, 0.1) is 23.2 Å². The number of anilines is 1. The number of thioether (sulfide) groups is 1. The Morgan fingerprint density at radius 3 is 2.50 bits per heavy atom. The van der Waals surface area contributed by atoms with E-state index in [0.717, 1.165) is 66.6 Å². The molecule has 4 saturated carbocycles. The van der Waals surface area contributed by atoms with Gasteiger partial charge in [-0.3, -0.25) is 9.59 Å². The number of hydrogen-bond acceptors (Lipinski definition) is 5. The van der Waals surface area contributed by atoms with Crippen LogP contribution in [0.15, 0.2) is 29.4 Å². The largest absolute Gasteiger partial charge is 0.348 e. The van der Waals surface area contributed by atoms with Crippen molar-refractivity contribution in [2.24, 2.45) is 23.2 Å². The van der Waals surface area contributed by atoms with Gasteiger partial charge in [0, 0.05) is 24.2 Å². The Labute approximate surface area is 205 Å². The van der Waals surface area contributed by atoms with Gasteiger partial charge in [0.2, 0.25) is 11.8 Å². The number of carbonyl (C=O) groups is 2. The third kappa shape index (κ3) is 3.84. The number of carbonyl (C=O) groups excluding carboxylic acids is 2. The van der Waals surface area contributed by atoms with E-state index in [1.165, 1.54) is 36.6 Å². The molecule has 1 aliphatic heterocycles. The summed E-state index contributed by atoms with van der Waals surface area (Å²) in [5.74, 6) is 3.65. The first-order chi connectivity index (χ1) is 16.5. The lowest BCUT2D eigenvalue weighted by molar-refractivity contribution is -0.146. The molecule has 2 amide bonds. The average Bonchev–Trinajstić information content (AvgIpc) is 3.43. The Kier molecular flexibility index (Phi) is 5.66. The zero-order valence-electron chi connectivity index (χ0n) is 19.8. The van der Waals surface area contributed by atoms with E-state index in [4.69, 9.17) is 0 Å². The summed E-state index contributed by atoms with van der Waals surface area (Å²) >= 11 is 1.43. The highest BCUT2D eigenvalue weighted by molar-refractivity contribution is 7.99. The van der Waals surface area contributed by atoms with Gasteiger partial charge in [0.1, 0.15) is 0 Å². The van der Waals surface area contributed by atoms with Gasteiger partial charge in [-0.15, -0.1) is 10.2 Å². The Hall–Kier alpha value is -2.35. The molecule has 1 aromatic carbocycles. The standard InChI is InChI=1S/C26H33N5O2S/c1-2-30-22(15-27-24(33)26-12-17-9-18(13-26)11-19(10-17)14-26)28-29-25(30)34-16-23(32)31-8-7-20-5-3-4-6-21(20)31/h3-6,17-19H,2,7-16H2,1H3,(H,27,33). The van der Waals surface area contributed by atoms with Gasteiger partial charge in [-0.25, -0.2) is 0 Å². The van der Waals surface area contributed by atoms with E-state index in [2.05, 4.69) is 28.5 Å². The first-order valence-electron chi connectivity index (χ1n) is 12.8. The third-order valence-electron chi connectivity index (χ3n) is 8.55. The van der Waals surface area contributed by atoms with Gasteiger partial charge in [0.15, 0.2) is 11.0 Å². The highest BCUT2D eigenvalue weighted by Gasteiger charge is 2.54. The maximum atomic E-state index is 13.3. The molecule has 0 atom stereocenters. The second-order valence-corrected chi connectivity index (χ2v) is 11.7. The van der Waals surface area contributed by atoms with E-state index in [9.17, 15) is 9.59 Å². The van der Waals surface area contributed by atoms with Gasteiger partial charge < -0.3 is 14.8 Å². The molecule has 2 aromatic rings. The SMILES string of the molecule is CCn1c(CNC(=O)C23CC4CC(CC(C4)C2)C3)nnc1SCC(=O)N1CCc2ccccc21. The van der Waals surface area contributed by atoms with Crippen LogP contribution in [-0.4, -0.2) is 38.9 Å². The van der Waals surface area contributed by atoms with E-state index in [0.29, 0.717) is 18.8 Å². The van der Waals surface area contributed by atoms with Crippen LogP contribution in [0.3, 0.4) is 0 Å². The maximum absolute atomic E-state index is 13.3. The number of hydrogen-bond donors (Lipinski definition) is 1. The highest BCUT2D eigenvalue weighted by atomic mass is 32.2. The number of fused-ring (bicyclic) bond motifs is 1. The lowest BCUT2D eigenvalue weighted by Gasteiger charge is -2.55. The highest BCUT2D eigenvalue weighted by Crippen LogP contribution is 2.60. The number of rotatable bonds is 7. The first kappa shape index (κ1) is 22.1. The van der Waals surface area contributed by atoms with Crippen molar-refractivity contribution >= 4 is 29.3 Å². The van der Waals surface area contributed by atoms with Gasteiger partial charge in [-0.1, -0.05) is 30.0 Å². The molecule has 0 saturated heterocycles. The molecule has 0 unspecified atom stereocenters.